The van der Waals surface area contributed by atoms with Crippen molar-refractivity contribution in [3.8, 4) is 6.07 Å². The average molecular weight is 507 g/mol. The zero-order chi connectivity index (χ0) is 26.1. The van der Waals surface area contributed by atoms with Crippen LogP contribution >= 0.6 is 11.8 Å². The van der Waals surface area contributed by atoms with E-state index in [1.54, 1.807) is 18.2 Å². The van der Waals surface area contributed by atoms with Gasteiger partial charge in [-0.1, -0.05) is 30.0 Å². The number of carbonyl (C=O) groups excluding carboxylic acids is 3. The van der Waals surface area contributed by atoms with Crippen LogP contribution in [0.3, 0.4) is 0 Å². The molecule has 1 fully saturated rings. The first-order chi connectivity index (χ1) is 17.2. The van der Waals surface area contributed by atoms with E-state index >= 15 is 0 Å². The lowest BCUT2D eigenvalue weighted by Gasteiger charge is -2.32. The van der Waals surface area contributed by atoms with Gasteiger partial charge in [0.25, 0.3) is 5.91 Å². The van der Waals surface area contributed by atoms with E-state index in [1.165, 1.54) is 25.3 Å². The second-order valence-corrected chi connectivity index (χ2v) is 9.62. The number of carbonyl (C=O) groups is 3. The Bertz CT molecular complexity index is 1390. The van der Waals surface area contributed by atoms with Crippen molar-refractivity contribution in [1.29, 1.82) is 5.26 Å². The van der Waals surface area contributed by atoms with Gasteiger partial charge in [-0.15, -0.1) is 0 Å². The first kappa shape index (κ1) is 25.0. The number of nitriles is 1. The smallest absolute Gasteiger partial charge is 0.307 e. The Hall–Kier alpha value is -4.10. The molecule has 1 saturated heterocycles. The average Bonchev–Trinajstić information content (AvgIpc) is 3.16. The standard InChI is InChI=1S/C26H23FN4O4S/c1-13-7-8-17(9-14(13)2)30-24(33)22-21(15-5-4-6-16(27)10-15)18(12-28)23(29)31-25(34)19(36-26(22)31)11-20(32)35-3/h4-10,19,21H,11,29H2,1-3H3,(H,30,33)/t19-,21+/m1/s1. The van der Waals surface area contributed by atoms with Crippen LogP contribution in [0.15, 0.2) is 64.5 Å². The molecule has 0 unspecified atom stereocenters. The molecular weight excluding hydrogens is 483 g/mol. The van der Waals surface area contributed by atoms with Gasteiger partial charge in [0.1, 0.15) is 16.9 Å². The van der Waals surface area contributed by atoms with Gasteiger partial charge in [0, 0.05) is 5.69 Å². The topological polar surface area (TPSA) is 126 Å². The summed E-state index contributed by atoms with van der Waals surface area (Å²) in [6, 6.07) is 12.9. The lowest BCUT2D eigenvalue weighted by molar-refractivity contribution is -0.142. The molecule has 2 amide bonds. The number of nitrogens with two attached hydrogens (primary N) is 1. The summed E-state index contributed by atoms with van der Waals surface area (Å²) in [4.78, 5) is 40.0. The van der Waals surface area contributed by atoms with Crippen molar-refractivity contribution in [3.63, 3.8) is 0 Å². The number of ether oxygens (including phenoxy) is 1. The van der Waals surface area contributed by atoms with E-state index in [4.69, 9.17) is 10.5 Å². The van der Waals surface area contributed by atoms with Gasteiger partial charge in [0.15, 0.2) is 0 Å². The predicted octanol–water partition coefficient (Wildman–Crippen LogP) is 3.59. The number of nitrogens with one attached hydrogen (secondary N) is 1. The second-order valence-electron chi connectivity index (χ2n) is 8.43. The molecule has 2 aromatic carbocycles. The SMILES string of the molecule is COC(=O)C[C@H]1SC2=C(C(=O)Nc3ccc(C)c(C)c3)[C@@H](c3cccc(F)c3)C(C#N)=C(N)N2C1=O. The maximum Gasteiger partial charge on any atom is 0.307 e. The largest absolute Gasteiger partial charge is 0.469 e. The molecule has 10 heteroatoms. The van der Waals surface area contributed by atoms with Crippen LogP contribution in [-0.2, 0) is 19.1 Å². The number of allylic oxidation sites excluding steroid dienone is 1. The summed E-state index contributed by atoms with van der Waals surface area (Å²) >= 11 is 0.995. The molecule has 36 heavy (non-hydrogen) atoms. The van der Waals surface area contributed by atoms with Gasteiger partial charge in [0.05, 0.1) is 41.7 Å². The fourth-order valence-electron chi connectivity index (χ4n) is 4.18. The number of halogens is 1. The van der Waals surface area contributed by atoms with Gasteiger partial charge in [-0.25, -0.2) is 4.39 Å². The number of anilines is 1. The van der Waals surface area contributed by atoms with Crippen molar-refractivity contribution in [3.05, 3.63) is 87.0 Å². The molecule has 0 radical (unpaired) electrons. The normalized spacial score (nSPS) is 19.2. The van der Waals surface area contributed by atoms with Gasteiger partial charge in [-0.2, -0.15) is 5.26 Å². The van der Waals surface area contributed by atoms with E-state index in [0.717, 1.165) is 27.8 Å². The number of amides is 2. The van der Waals surface area contributed by atoms with Crippen LogP contribution in [-0.4, -0.2) is 35.0 Å². The summed E-state index contributed by atoms with van der Waals surface area (Å²) in [7, 11) is 1.21. The molecule has 3 N–H and O–H groups in total. The predicted molar refractivity (Wildman–Crippen MR) is 132 cm³/mol. The molecule has 0 aromatic heterocycles. The Morgan fingerprint density at radius 3 is 2.61 bits per heavy atom. The molecule has 0 bridgehead atoms. The van der Waals surface area contributed by atoms with E-state index in [2.05, 4.69) is 5.32 Å². The van der Waals surface area contributed by atoms with Crippen LogP contribution < -0.4 is 11.1 Å². The van der Waals surface area contributed by atoms with Crippen molar-refractivity contribution < 1.29 is 23.5 Å². The number of methoxy groups -OCH3 is 1. The molecule has 0 saturated carbocycles. The van der Waals surface area contributed by atoms with Crippen LogP contribution in [0.5, 0.6) is 0 Å². The van der Waals surface area contributed by atoms with Crippen molar-refractivity contribution in [2.75, 3.05) is 12.4 Å². The zero-order valence-corrected chi connectivity index (χ0v) is 20.6. The Balaban J connectivity index is 1.88. The molecule has 4 rings (SSSR count). The van der Waals surface area contributed by atoms with Crippen LogP contribution in [0.25, 0.3) is 0 Å². The summed E-state index contributed by atoms with van der Waals surface area (Å²) in [5, 5.41) is 12.2. The number of aryl methyl sites for hydroxylation is 2. The van der Waals surface area contributed by atoms with Crippen LogP contribution in [0.4, 0.5) is 10.1 Å². The Morgan fingerprint density at radius 1 is 1.22 bits per heavy atom. The molecule has 0 aliphatic carbocycles. The molecule has 184 valence electrons. The monoisotopic (exact) mass is 506 g/mol. The minimum Gasteiger partial charge on any atom is -0.469 e. The van der Waals surface area contributed by atoms with E-state index in [9.17, 15) is 24.0 Å². The van der Waals surface area contributed by atoms with E-state index in [1.807, 2.05) is 26.0 Å². The van der Waals surface area contributed by atoms with Gasteiger partial charge in [-0.3, -0.25) is 19.3 Å². The van der Waals surface area contributed by atoms with E-state index < -0.39 is 34.8 Å². The Morgan fingerprint density at radius 2 is 1.97 bits per heavy atom. The first-order valence-electron chi connectivity index (χ1n) is 11.0. The molecule has 2 heterocycles. The number of nitrogens with zero attached hydrogens (tertiary/aromatic N) is 2. The number of hydrogen-bond acceptors (Lipinski definition) is 7. The summed E-state index contributed by atoms with van der Waals surface area (Å²) in [6.45, 7) is 3.85. The van der Waals surface area contributed by atoms with Crippen LogP contribution in [0, 0.1) is 31.0 Å². The summed E-state index contributed by atoms with van der Waals surface area (Å²) in [5.41, 5.74) is 9.13. The first-order valence-corrected chi connectivity index (χ1v) is 11.9. The van der Waals surface area contributed by atoms with E-state index in [-0.39, 0.29) is 28.4 Å². The third kappa shape index (κ3) is 4.45. The maximum absolute atomic E-state index is 14.2. The number of thioether (sulfide) groups is 1. The number of hydrogen-bond donors (Lipinski definition) is 2. The maximum atomic E-state index is 14.2. The Kier molecular flexibility index (Phi) is 6.86. The summed E-state index contributed by atoms with van der Waals surface area (Å²) in [6.07, 6.45) is -0.244. The minimum atomic E-state index is -1.03. The summed E-state index contributed by atoms with van der Waals surface area (Å²) < 4.78 is 18.9. The highest BCUT2D eigenvalue weighted by Gasteiger charge is 2.48. The van der Waals surface area contributed by atoms with Crippen molar-refractivity contribution in [2.45, 2.75) is 31.4 Å². The second kappa shape index (κ2) is 9.87. The number of esters is 1. The molecular formula is C26H23FN4O4S. The number of benzene rings is 2. The quantitative estimate of drug-likeness (QED) is 0.594. The summed E-state index contributed by atoms with van der Waals surface area (Å²) in [5.74, 6) is -3.46. The highest BCUT2D eigenvalue weighted by molar-refractivity contribution is 8.04. The molecule has 2 aliphatic heterocycles. The Labute approximate surface area is 211 Å². The van der Waals surface area contributed by atoms with Gasteiger partial charge in [-0.05, 0) is 54.8 Å². The molecule has 2 atom stereocenters. The fraction of sp³-hybridized carbons (Fsp3) is 0.231. The highest BCUT2D eigenvalue weighted by Crippen LogP contribution is 2.50. The molecule has 8 nitrogen and oxygen atoms in total. The molecule has 2 aliphatic rings. The van der Waals surface area contributed by atoms with Crippen LogP contribution in [0.1, 0.15) is 29.0 Å². The lowest BCUT2D eigenvalue weighted by Crippen LogP contribution is -2.39. The fourth-order valence-corrected chi connectivity index (χ4v) is 5.51. The number of rotatable bonds is 5. The van der Waals surface area contributed by atoms with Gasteiger partial charge >= 0.3 is 5.97 Å². The molecule has 2 aromatic rings. The van der Waals surface area contributed by atoms with Gasteiger partial charge < -0.3 is 15.8 Å². The number of fused-ring (bicyclic) bond motifs is 1. The minimum absolute atomic E-state index is 0.0651. The third-order valence-electron chi connectivity index (χ3n) is 6.17. The third-order valence-corrected chi connectivity index (χ3v) is 7.45. The lowest BCUT2D eigenvalue weighted by atomic mass is 9.82. The van der Waals surface area contributed by atoms with Crippen molar-refractivity contribution >= 4 is 35.2 Å². The van der Waals surface area contributed by atoms with Crippen LogP contribution in [0.2, 0.25) is 0 Å². The van der Waals surface area contributed by atoms with Crippen molar-refractivity contribution in [2.24, 2.45) is 5.73 Å². The zero-order valence-electron chi connectivity index (χ0n) is 19.8. The van der Waals surface area contributed by atoms with E-state index in [0.29, 0.717) is 11.3 Å². The molecule has 0 spiro atoms. The van der Waals surface area contributed by atoms with Gasteiger partial charge in [0.2, 0.25) is 5.91 Å². The van der Waals surface area contributed by atoms with Crippen molar-refractivity contribution in [1.82, 2.24) is 4.90 Å². The highest BCUT2D eigenvalue weighted by atomic mass is 32.2.